The number of hydrogen-bond acceptors (Lipinski definition) is 4. The van der Waals surface area contributed by atoms with Crippen LogP contribution in [-0.2, 0) is 9.53 Å². The number of fused-ring (bicyclic) bond motifs is 4. The van der Waals surface area contributed by atoms with Crippen molar-refractivity contribution in [3.05, 3.63) is 95.8 Å². The Hall–Kier alpha value is -4.13. The van der Waals surface area contributed by atoms with Gasteiger partial charge in [-0.3, -0.25) is 4.79 Å². The number of ether oxygens (including phenoxy) is 1. The summed E-state index contributed by atoms with van der Waals surface area (Å²) in [6, 6.07) is 20.9. The van der Waals surface area contributed by atoms with E-state index in [4.69, 9.17) is 4.74 Å². The third-order valence-corrected chi connectivity index (χ3v) is 5.85. The minimum atomic E-state index is -1.02. The van der Waals surface area contributed by atoms with Crippen LogP contribution in [0.1, 0.15) is 35.1 Å². The van der Waals surface area contributed by atoms with E-state index in [2.05, 4.69) is 22.5 Å². The molecule has 2 heterocycles. The lowest BCUT2D eigenvalue weighted by atomic mass is 9.98. The highest BCUT2D eigenvalue weighted by Gasteiger charge is 2.29. The van der Waals surface area contributed by atoms with Gasteiger partial charge >= 0.3 is 12.1 Å². The molecular formula is C25H21N3O4. The van der Waals surface area contributed by atoms with Gasteiger partial charge in [0.05, 0.1) is 24.2 Å². The number of nitrogens with one attached hydrogen (secondary N) is 1. The van der Waals surface area contributed by atoms with Crippen molar-refractivity contribution in [3.63, 3.8) is 0 Å². The fourth-order valence-corrected chi connectivity index (χ4v) is 4.42. The van der Waals surface area contributed by atoms with E-state index in [0.29, 0.717) is 5.56 Å². The molecule has 0 aliphatic heterocycles. The average molecular weight is 427 g/mol. The molecule has 1 amide bonds. The number of carboxylic acids is 1. The molecule has 0 bridgehead atoms. The van der Waals surface area contributed by atoms with Crippen LogP contribution in [0.25, 0.3) is 16.6 Å². The van der Waals surface area contributed by atoms with E-state index < -0.39 is 18.1 Å². The van der Waals surface area contributed by atoms with Gasteiger partial charge in [-0.15, -0.1) is 0 Å². The maximum absolute atomic E-state index is 12.7. The van der Waals surface area contributed by atoms with Crippen molar-refractivity contribution < 1.29 is 19.4 Å². The van der Waals surface area contributed by atoms with E-state index in [1.54, 1.807) is 16.9 Å². The lowest BCUT2D eigenvalue weighted by Crippen LogP contribution is -2.31. The van der Waals surface area contributed by atoms with Crippen LogP contribution in [0.3, 0.4) is 0 Å². The van der Waals surface area contributed by atoms with Gasteiger partial charge in [0.1, 0.15) is 6.61 Å². The first-order valence-electron chi connectivity index (χ1n) is 10.4. The van der Waals surface area contributed by atoms with Crippen LogP contribution in [-0.4, -0.2) is 33.4 Å². The first-order chi connectivity index (χ1) is 15.6. The Labute approximate surface area is 184 Å². The molecule has 2 N–H and O–H groups in total. The zero-order chi connectivity index (χ0) is 22.1. The molecule has 0 fully saturated rings. The van der Waals surface area contributed by atoms with Gasteiger partial charge in [-0.1, -0.05) is 54.6 Å². The van der Waals surface area contributed by atoms with Crippen LogP contribution in [0.4, 0.5) is 4.79 Å². The Morgan fingerprint density at radius 3 is 2.34 bits per heavy atom. The minimum Gasteiger partial charge on any atom is -0.481 e. The number of alkyl carbamates (subject to hydrolysis) is 1. The van der Waals surface area contributed by atoms with Crippen LogP contribution in [0.15, 0.2) is 79.1 Å². The smallest absolute Gasteiger partial charge is 0.407 e. The molecular weight excluding hydrogens is 406 g/mol. The first kappa shape index (κ1) is 19.8. The van der Waals surface area contributed by atoms with Crippen LogP contribution in [0.5, 0.6) is 0 Å². The zero-order valence-corrected chi connectivity index (χ0v) is 17.1. The molecule has 7 heteroatoms. The second-order valence-corrected chi connectivity index (χ2v) is 7.75. The summed E-state index contributed by atoms with van der Waals surface area (Å²) in [6.07, 6.45) is 2.41. The summed E-state index contributed by atoms with van der Waals surface area (Å²) >= 11 is 0. The summed E-state index contributed by atoms with van der Waals surface area (Å²) in [5.74, 6) is -1.09. The van der Waals surface area contributed by atoms with Gasteiger partial charge < -0.3 is 15.2 Å². The van der Waals surface area contributed by atoms with E-state index in [1.807, 2.05) is 54.6 Å². The molecule has 5 rings (SSSR count). The second kappa shape index (κ2) is 8.19. The predicted octanol–water partition coefficient (Wildman–Crippen LogP) is 4.39. The van der Waals surface area contributed by atoms with Gasteiger partial charge in [-0.05, 0) is 34.4 Å². The maximum Gasteiger partial charge on any atom is 0.407 e. The molecule has 0 unspecified atom stereocenters. The molecule has 2 aromatic carbocycles. The van der Waals surface area contributed by atoms with E-state index in [0.717, 1.165) is 27.8 Å². The molecule has 1 aliphatic rings. The van der Waals surface area contributed by atoms with Gasteiger partial charge in [0.2, 0.25) is 0 Å². The highest BCUT2D eigenvalue weighted by atomic mass is 16.5. The molecule has 4 aromatic rings. The van der Waals surface area contributed by atoms with Crippen molar-refractivity contribution >= 4 is 17.6 Å². The molecule has 0 saturated carbocycles. The molecule has 32 heavy (non-hydrogen) atoms. The number of rotatable bonds is 6. The van der Waals surface area contributed by atoms with E-state index in [9.17, 15) is 14.7 Å². The second-order valence-electron chi connectivity index (χ2n) is 7.75. The zero-order valence-electron chi connectivity index (χ0n) is 17.1. The number of pyridine rings is 1. The molecule has 0 spiro atoms. The van der Waals surface area contributed by atoms with Crippen molar-refractivity contribution in [2.45, 2.75) is 18.4 Å². The standard InChI is InChI=1S/C25H21N3O4/c29-24(30)13-22(20-14-26-28-12-6-5-11-23(20)28)27-25(31)32-15-21-18-9-3-1-7-16(18)17-8-2-4-10-19(17)21/h1-12,14,21-22H,13,15H2,(H,27,31)(H,29,30)/t22-/m0/s1. The Morgan fingerprint density at radius 2 is 1.66 bits per heavy atom. The first-order valence-corrected chi connectivity index (χ1v) is 10.4. The fraction of sp³-hybridized carbons (Fsp3) is 0.160. The van der Waals surface area contributed by atoms with Crippen LogP contribution >= 0.6 is 0 Å². The summed E-state index contributed by atoms with van der Waals surface area (Å²) in [5, 5.41) is 16.3. The monoisotopic (exact) mass is 427 g/mol. The van der Waals surface area contributed by atoms with Gasteiger partial charge in [-0.2, -0.15) is 5.10 Å². The number of amides is 1. The Morgan fingerprint density at radius 1 is 1.00 bits per heavy atom. The number of benzene rings is 2. The average Bonchev–Trinajstić information content (AvgIpc) is 3.36. The molecule has 2 aromatic heterocycles. The lowest BCUT2D eigenvalue weighted by molar-refractivity contribution is -0.137. The quantitative estimate of drug-likeness (QED) is 0.476. The van der Waals surface area contributed by atoms with Crippen molar-refractivity contribution in [2.24, 2.45) is 0 Å². The predicted molar refractivity (Wildman–Crippen MR) is 118 cm³/mol. The van der Waals surface area contributed by atoms with Crippen LogP contribution in [0.2, 0.25) is 0 Å². The summed E-state index contributed by atoms with van der Waals surface area (Å²) in [5.41, 5.74) is 5.89. The van der Waals surface area contributed by atoms with Gasteiger partial charge in [0.15, 0.2) is 0 Å². The third-order valence-electron chi connectivity index (χ3n) is 5.85. The summed E-state index contributed by atoms with van der Waals surface area (Å²) in [6.45, 7) is 0.161. The fourth-order valence-electron chi connectivity index (χ4n) is 4.42. The van der Waals surface area contributed by atoms with Gasteiger partial charge in [0, 0.05) is 17.7 Å². The largest absolute Gasteiger partial charge is 0.481 e. The van der Waals surface area contributed by atoms with E-state index in [-0.39, 0.29) is 18.9 Å². The summed E-state index contributed by atoms with van der Waals surface area (Å²) in [4.78, 5) is 24.1. The number of aromatic nitrogens is 2. The number of nitrogens with zero attached hydrogens (tertiary/aromatic N) is 2. The van der Waals surface area contributed by atoms with Crippen molar-refractivity contribution in [1.29, 1.82) is 0 Å². The summed E-state index contributed by atoms with van der Waals surface area (Å²) < 4.78 is 7.23. The number of carboxylic acid groups (broad SMARTS) is 1. The molecule has 0 radical (unpaired) electrons. The molecule has 7 nitrogen and oxygen atoms in total. The van der Waals surface area contributed by atoms with Crippen molar-refractivity contribution in [2.75, 3.05) is 6.61 Å². The van der Waals surface area contributed by atoms with Crippen molar-refractivity contribution in [3.8, 4) is 11.1 Å². The van der Waals surface area contributed by atoms with Gasteiger partial charge in [0.25, 0.3) is 0 Å². The molecule has 1 aliphatic carbocycles. The third kappa shape index (κ3) is 3.58. The Balaban J connectivity index is 1.34. The summed E-state index contributed by atoms with van der Waals surface area (Å²) in [7, 11) is 0. The van der Waals surface area contributed by atoms with E-state index >= 15 is 0 Å². The lowest BCUT2D eigenvalue weighted by Gasteiger charge is -2.18. The van der Waals surface area contributed by atoms with Crippen molar-refractivity contribution in [1.82, 2.24) is 14.9 Å². The molecule has 0 saturated heterocycles. The normalized spacial score (nSPS) is 13.4. The number of hydrogen-bond donors (Lipinski definition) is 2. The molecule has 160 valence electrons. The Bertz CT molecular complexity index is 1270. The topological polar surface area (TPSA) is 92.9 Å². The van der Waals surface area contributed by atoms with E-state index in [1.165, 1.54) is 0 Å². The number of aliphatic carboxylic acids is 1. The maximum atomic E-state index is 12.7. The van der Waals surface area contributed by atoms with Crippen LogP contribution in [0, 0.1) is 0 Å². The number of carbonyl (C=O) groups excluding carboxylic acids is 1. The Kier molecular flexibility index (Phi) is 5.07. The van der Waals surface area contributed by atoms with Gasteiger partial charge in [-0.25, -0.2) is 9.31 Å². The number of carbonyl (C=O) groups is 2. The van der Waals surface area contributed by atoms with Crippen LogP contribution < -0.4 is 5.32 Å². The minimum absolute atomic E-state index is 0.0666. The SMILES string of the molecule is O=C(O)C[C@H](NC(=O)OCC1c2ccccc2-c2ccccc21)c1cnn2ccccc12. The highest BCUT2D eigenvalue weighted by Crippen LogP contribution is 2.44. The highest BCUT2D eigenvalue weighted by molar-refractivity contribution is 5.79. The molecule has 1 atom stereocenters.